The van der Waals surface area contributed by atoms with Crippen molar-refractivity contribution in [3.63, 3.8) is 0 Å². The van der Waals surface area contributed by atoms with Crippen molar-refractivity contribution in [2.75, 3.05) is 66.6 Å². The van der Waals surface area contributed by atoms with Gasteiger partial charge in [0.2, 0.25) is 5.91 Å². The SMILES string of the molecule is CCCCCNC(=NCC(=O)N(C)C)NCCN1CCOCC1.I. The van der Waals surface area contributed by atoms with Crippen LogP contribution in [0.4, 0.5) is 0 Å². The quantitative estimate of drug-likeness (QED) is 0.233. The summed E-state index contributed by atoms with van der Waals surface area (Å²) in [5.41, 5.74) is 0. The zero-order chi connectivity index (χ0) is 16.9. The van der Waals surface area contributed by atoms with E-state index >= 15 is 0 Å². The number of carbonyl (C=O) groups excluding carboxylic acids is 1. The van der Waals surface area contributed by atoms with E-state index in [1.165, 1.54) is 12.8 Å². The zero-order valence-corrected chi connectivity index (χ0v) is 17.7. The molecule has 1 fully saturated rings. The molecule has 0 aromatic carbocycles. The van der Waals surface area contributed by atoms with Gasteiger partial charge in [0.15, 0.2) is 5.96 Å². The largest absolute Gasteiger partial charge is 0.379 e. The number of hydrogen-bond acceptors (Lipinski definition) is 4. The lowest BCUT2D eigenvalue weighted by atomic mass is 10.2. The summed E-state index contributed by atoms with van der Waals surface area (Å²) in [5, 5.41) is 6.64. The first kappa shape index (κ1) is 23.4. The Bertz CT molecular complexity index is 360. The lowest BCUT2D eigenvalue weighted by Gasteiger charge is -2.26. The van der Waals surface area contributed by atoms with E-state index in [0.29, 0.717) is 0 Å². The van der Waals surface area contributed by atoms with Crippen LogP contribution >= 0.6 is 24.0 Å². The molecule has 24 heavy (non-hydrogen) atoms. The maximum atomic E-state index is 11.7. The summed E-state index contributed by atoms with van der Waals surface area (Å²) in [6.07, 6.45) is 3.50. The van der Waals surface area contributed by atoms with Gasteiger partial charge in [-0.15, -0.1) is 24.0 Å². The number of nitrogens with zero attached hydrogens (tertiary/aromatic N) is 3. The number of aliphatic imine (C=N–C) groups is 1. The number of guanidine groups is 1. The minimum Gasteiger partial charge on any atom is -0.379 e. The van der Waals surface area contributed by atoms with E-state index in [9.17, 15) is 4.79 Å². The molecule has 0 atom stereocenters. The van der Waals surface area contributed by atoms with Gasteiger partial charge in [-0.3, -0.25) is 9.69 Å². The highest BCUT2D eigenvalue weighted by atomic mass is 127. The molecule has 2 N–H and O–H groups in total. The van der Waals surface area contributed by atoms with E-state index in [0.717, 1.165) is 58.3 Å². The molecular formula is C16H34IN5O2. The predicted molar refractivity (Wildman–Crippen MR) is 109 cm³/mol. The molecule has 0 saturated carbocycles. The summed E-state index contributed by atoms with van der Waals surface area (Å²) >= 11 is 0. The Kier molecular flexibility index (Phi) is 14.3. The number of rotatable bonds is 9. The number of ether oxygens (including phenoxy) is 1. The Balaban J connectivity index is 0.00000529. The van der Waals surface area contributed by atoms with Gasteiger partial charge in [-0.1, -0.05) is 19.8 Å². The standard InChI is InChI=1S/C16H33N5O2.HI/c1-4-5-6-7-17-16(19-14-15(22)20(2)3)18-8-9-21-10-12-23-13-11-21;/h4-14H2,1-3H3,(H2,17,18,19);1H. The normalized spacial score (nSPS) is 15.5. The first-order chi connectivity index (χ1) is 11.1. The number of likely N-dealkylation sites (N-methyl/N-ethyl adjacent to an activating group) is 1. The van der Waals surface area contributed by atoms with Crippen LogP contribution in [0.25, 0.3) is 0 Å². The summed E-state index contributed by atoms with van der Waals surface area (Å²) in [4.78, 5) is 20.0. The molecule has 8 heteroatoms. The average molecular weight is 455 g/mol. The molecule has 0 spiro atoms. The number of halogens is 1. The van der Waals surface area contributed by atoms with Crippen LogP contribution in [-0.2, 0) is 9.53 Å². The van der Waals surface area contributed by atoms with Gasteiger partial charge in [0.05, 0.1) is 13.2 Å². The molecule has 7 nitrogen and oxygen atoms in total. The summed E-state index contributed by atoms with van der Waals surface area (Å²) < 4.78 is 5.35. The maximum Gasteiger partial charge on any atom is 0.243 e. The van der Waals surface area contributed by atoms with Gasteiger partial charge >= 0.3 is 0 Å². The molecule has 0 bridgehead atoms. The lowest BCUT2D eigenvalue weighted by Crippen LogP contribution is -2.45. The number of nitrogens with one attached hydrogen (secondary N) is 2. The average Bonchev–Trinajstić information content (AvgIpc) is 2.56. The van der Waals surface area contributed by atoms with Crippen molar-refractivity contribution < 1.29 is 9.53 Å². The number of unbranched alkanes of at least 4 members (excludes halogenated alkanes) is 2. The van der Waals surface area contributed by atoms with Gasteiger partial charge < -0.3 is 20.3 Å². The smallest absolute Gasteiger partial charge is 0.243 e. The van der Waals surface area contributed by atoms with E-state index in [1.54, 1.807) is 19.0 Å². The van der Waals surface area contributed by atoms with E-state index in [1.807, 2.05) is 0 Å². The highest BCUT2D eigenvalue weighted by molar-refractivity contribution is 14.0. The van der Waals surface area contributed by atoms with Crippen LogP contribution in [0.3, 0.4) is 0 Å². The summed E-state index contributed by atoms with van der Waals surface area (Å²) in [6.45, 7) is 8.61. The van der Waals surface area contributed by atoms with Crippen LogP contribution in [-0.4, -0.2) is 88.2 Å². The molecule has 1 aliphatic heterocycles. The fourth-order valence-corrected chi connectivity index (χ4v) is 2.20. The van der Waals surface area contributed by atoms with Crippen molar-refractivity contribution in [3.05, 3.63) is 0 Å². The minimum atomic E-state index is 0. The molecule has 0 aromatic heterocycles. The van der Waals surface area contributed by atoms with Crippen molar-refractivity contribution in [1.29, 1.82) is 0 Å². The molecule has 1 amide bonds. The number of carbonyl (C=O) groups is 1. The highest BCUT2D eigenvalue weighted by Gasteiger charge is 2.10. The molecule has 0 aliphatic carbocycles. The first-order valence-electron chi connectivity index (χ1n) is 8.66. The first-order valence-corrected chi connectivity index (χ1v) is 8.66. The van der Waals surface area contributed by atoms with Crippen LogP contribution in [0.2, 0.25) is 0 Å². The molecule has 1 aliphatic rings. The van der Waals surface area contributed by atoms with E-state index in [2.05, 4.69) is 27.4 Å². The second-order valence-corrected chi connectivity index (χ2v) is 5.97. The summed E-state index contributed by atoms with van der Waals surface area (Å²) in [7, 11) is 3.50. The van der Waals surface area contributed by atoms with Crippen molar-refractivity contribution in [2.45, 2.75) is 26.2 Å². The number of hydrogen-bond donors (Lipinski definition) is 2. The minimum absolute atomic E-state index is 0. The van der Waals surface area contributed by atoms with E-state index in [-0.39, 0.29) is 36.4 Å². The maximum absolute atomic E-state index is 11.7. The molecule has 142 valence electrons. The molecule has 1 heterocycles. The molecule has 0 aromatic rings. The Morgan fingerprint density at radius 1 is 1.17 bits per heavy atom. The molecule has 1 saturated heterocycles. The molecule has 0 radical (unpaired) electrons. The molecule has 0 unspecified atom stereocenters. The Hall–Kier alpha value is -0.610. The third kappa shape index (κ3) is 11.0. The Labute approximate surface area is 163 Å². The monoisotopic (exact) mass is 455 g/mol. The van der Waals surface area contributed by atoms with Crippen molar-refractivity contribution in [3.8, 4) is 0 Å². The number of morpholine rings is 1. The van der Waals surface area contributed by atoms with Crippen LogP contribution in [0.15, 0.2) is 4.99 Å². The van der Waals surface area contributed by atoms with Crippen LogP contribution in [0.5, 0.6) is 0 Å². The van der Waals surface area contributed by atoms with E-state index < -0.39 is 0 Å². The predicted octanol–water partition coefficient (Wildman–Crippen LogP) is 0.750. The summed E-state index contributed by atoms with van der Waals surface area (Å²) in [6, 6.07) is 0. The van der Waals surface area contributed by atoms with Crippen LogP contribution in [0.1, 0.15) is 26.2 Å². The second-order valence-electron chi connectivity index (χ2n) is 5.97. The Morgan fingerprint density at radius 2 is 1.83 bits per heavy atom. The second kappa shape index (κ2) is 14.7. The van der Waals surface area contributed by atoms with Gasteiger partial charge in [-0.25, -0.2) is 4.99 Å². The van der Waals surface area contributed by atoms with Gasteiger partial charge in [0.25, 0.3) is 0 Å². The van der Waals surface area contributed by atoms with Gasteiger partial charge in [-0.05, 0) is 6.42 Å². The van der Waals surface area contributed by atoms with Gasteiger partial charge in [0.1, 0.15) is 6.54 Å². The Morgan fingerprint density at radius 3 is 2.46 bits per heavy atom. The number of amides is 1. The molecular weight excluding hydrogens is 421 g/mol. The fourth-order valence-electron chi connectivity index (χ4n) is 2.20. The summed E-state index contributed by atoms with van der Waals surface area (Å²) in [5.74, 6) is 0.734. The zero-order valence-electron chi connectivity index (χ0n) is 15.3. The van der Waals surface area contributed by atoms with Crippen molar-refractivity contribution in [1.82, 2.24) is 20.4 Å². The van der Waals surface area contributed by atoms with Crippen LogP contribution < -0.4 is 10.6 Å². The van der Waals surface area contributed by atoms with Gasteiger partial charge in [0, 0.05) is 46.8 Å². The fraction of sp³-hybridized carbons (Fsp3) is 0.875. The third-order valence-electron chi connectivity index (χ3n) is 3.77. The van der Waals surface area contributed by atoms with Gasteiger partial charge in [-0.2, -0.15) is 0 Å². The third-order valence-corrected chi connectivity index (χ3v) is 3.77. The topological polar surface area (TPSA) is 69.2 Å². The van der Waals surface area contributed by atoms with Crippen LogP contribution in [0, 0.1) is 0 Å². The van der Waals surface area contributed by atoms with E-state index in [4.69, 9.17) is 4.74 Å². The van der Waals surface area contributed by atoms with Crippen molar-refractivity contribution in [2.24, 2.45) is 4.99 Å². The molecule has 1 rings (SSSR count). The van der Waals surface area contributed by atoms with Crippen molar-refractivity contribution >= 4 is 35.8 Å². The highest BCUT2D eigenvalue weighted by Crippen LogP contribution is 1.95. The lowest BCUT2D eigenvalue weighted by molar-refractivity contribution is -0.127.